The van der Waals surface area contributed by atoms with Crippen LogP contribution in [0.3, 0.4) is 0 Å². The molecule has 0 saturated carbocycles. The van der Waals surface area contributed by atoms with Gasteiger partial charge >= 0.3 is 0 Å². The molecule has 0 unspecified atom stereocenters. The van der Waals surface area contributed by atoms with Crippen LogP contribution in [0.4, 0.5) is 14.5 Å². The highest BCUT2D eigenvalue weighted by atomic mass is 35.5. The van der Waals surface area contributed by atoms with Gasteiger partial charge in [-0.1, -0.05) is 41.9 Å². The maximum atomic E-state index is 13.9. The number of amides is 2. The number of likely N-dealkylation sites (tertiary alicyclic amines) is 1. The molecule has 6 nitrogen and oxygen atoms in total. The maximum absolute atomic E-state index is 13.9. The Morgan fingerprint density at radius 3 is 2.11 bits per heavy atom. The molecule has 0 spiro atoms. The molecular formula is C29H36ClF2N3O3. The summed E-state index contributed by atoms with van der Waals surface area (Å²) in [6.45, 7) is 2.55. The minimum absolute atomic E-state index is 0.0749. The second-order valence-electron chi connectivity index (χ2n) is 10.7. The Bertz CT molecular complexity index is 1120. The molecule has 2 aromatic rings. The predicted molar refractivity (Wildman–Crippen MR) is 145 cm³/mol. The molecule has 2 amide bonds. The number of piperidine rings is 2. The Hall–Kier alpha value is -2.71. The smallest absolute Gasteiger partial charge is 0.280 e. The van der Waals surface area contributed by atoms with Gasteiger partial charge in [-0.3, -0.25) is 9.59 Å². The summed E-state index contributed by atoms with van der Waals surface area (Å²) in [5.41, 5.74) is -1.38. The topological polar surface area (TPSA) is 64.1 Å². The van der Waals surface area contributed by atoms with E-state index in [1.807, 2.05) is 12.1 Å². The van der Waals surface area contributed by atoms with Crippen molar-refractivity contribution < 1.29 is 23.5 Å². The highest BCUT2D eigenvalue weighted by molar-refractivity contribution is 6.34. The van der Waals surface area contributed by atoms with Crippen LogP contribution < -0.4 is 4.90 Å². The molecule has 4 rings (SSSR count). The largest absolute Gasteiger partial charge is 0.371 e. The van der Waals surface area contributed by atoms with Crippen molar-refractivity contribution in [1.29, 1.82) is 0 Å². The zero-order valence-electron chi connectivity index (χ0n) is 22.0. The first-order valence-corrected chi connectivity index (χ1v) is 13.6. The molecule has 206 valence electrons. The van der Waals surface area contributed by atoms with Crippen LogP contribution in [0.15, 0.2) is 48.5 Å². The van der Waals surface area contributed by atoms with Gasteiger partial charge in [-0.05, 0) is 67.7 Å². The second kappa shape index (κ2) is 12.0. The average Bonchev–Trinajstić information content (AvgIpc) is 2.93. The van der Waals surface area contributed by atoms with Crippen molar-refractivity contribution in [2.24, 2.45) is 11.8 Å². The summed E-state index contributed by atoms with van der Waals surface area (Å²) >= 11 is 6.40. The Morgan fingerprint density at radius 2 is 1.58 bits per heavy atom. The number of carbonyl (C=O) groups is 2. The van der Waals surface area contributed by atoms with Gasteiger partial charge in [0.15, 0.2) is 0 Å². The van der Waals surface area contributed by atoms with Gasteiger partial charge in [0.25, 0.3) is 18.2 Å². The van der Waals surface area contributed by atoms with E-state index in [0.717, 1.165) is 50.9 Å². The van der Waals surface area contributed by atoms with Gasteiger partial charge in [-0.2, -0.15) is 0 Å². The minimum Gasteiger partial charge on any atom is -0.371 e. The quantitative estimate of drug-likeness (QED) is 0.527. The molecule has 2 saturated heterocycles. The average molecular weight is 548 g/mol. The molecule has 2 heterocycles. The summed E-state index contributed by atoms with van der Waals surface area (Å²) in [5, 5.41) is 11.2. The van der Waals surface area contributed by atoms with Crippen molar-refractivity contribution in [2.75, 3.05) is 45.2 Å². The number of hydrogen-bond acceptors (Lipinski definition) is 4. The number of halogens is 3. The number of rotatable bonds is 7. The van der Waals surface area contributed by atoms with Crippen LogP contribution in [0.5, 0.6) is 0 Å². The Kier molecular flexibility index (Phi) is 8.93. The third-order valence-corrected chi connectivity index (χ3v) is 8.31. The number of benzene rings is 2. The van der Waals surface area contributed by atoms with E-state index >= 15 is 0 Å². The van der Waals surface area contributed by atoms with E-state index in [4.69, 9.17) is 11.6 Å². The molecule has 9 heteroatoms. The molecule has 2 aliphatic rings. The van der Waals surface area contributed by atoms with Gasteiger partial charge in [0, 0.05) is 46.0 Å². The molecular weight excluding hydrogens is 512 g/mol. The molecule has 1 atom stereocenters. The van der Waals surface area contributed by atoms with E-state index in [-0.39, 0.29) is 11.5 Å². The first-order chi connectivity index (χ1) is 18.1. The van der Waals surface area contributed by atoms with E-state index in [0.29, 0.717) is 35.5 Å². The fourth-order valence-electron chi connectivity index (χ4n) is 5.66. The fourth-order valence-corrected chi connectivity index (χ4v) is 5.92. The lowest BCUT2D eigenvalue weighted by molar-refractivity contribution is -0.173. The third-order valence-electron chi connectivity index (χ3n) is 7.99. The number of nitrogens with zero attached hydrogens (tertiary/aromatic N) is 3. The van der Waals surface area contributed by atoms with Crippen molar-refractivity contribution in [2.45, 2.75) is 44.1 Å². The number of anilines is 1. The van der Waals surface area contributed by atoms with Crippen molar-refractivity contribution in [3.63, 3.8) is 0 Å². The Labute approximate surface area is 228 Å². The maximum Gasteiger partial charge on any atom is 0.280 e. The van der Waals surface area contributed by atoms with E-state index in [2.05, 4.69) is 4.90 Å². The molecule has 38 heavy (non-hydrogen) atoms. The molecule has 2 aromatic carbocycles. The zero-order valence-corrected chi connectivity index (χ0v) is 22.7. The van der Waals surface area contributed by atoms with Crippen molar-refractivity contribution in [3.05, 3.63) is 64.7 Å². The van der Waals surface area contributed by atoms with E-state index in [1.54, 1.807) is 38.4 Å². The van der Waals surface area contributed by atoms with Gasteiger partial charge < -0.3 is 19.8 Å². The molecule has 2 aliphatic heterocycles. The van der Waals surface area contributed by atoms with Crippen LogP contribution in [0.1, 0.15) is 48.0 Å². The van der Waals surface area contributed by atoms with Crippen LogP contribution in [-0.4, -0.2) is 73.4 Å². The highest BCUT2D eigenvalue weighted by Crippen LogP contribution is 2.35. The monoisotopic (exact) mass is 547 g/mol. The normalized spacial score (nSPS) is 18.9. The Morgan fingerprint density at radius 1 is 1.00 bits per heavy atom. The summed E-state index contributed by atoms with van der Waals surface area (Å²) < 4.78 is 27.8. The lowest BCUT2D eigenvalue weighted by Crippen LogP contribution is -2.53. The number of alkyl halides is 2. The van der Waals surface area contributed by atoms with Crippen LogP contribution in [0.25, 0.3) is 0 Å². The van der Waals surface area contributed by atoms with Crippen molar-refractivity contribution in [1.82, 2.24) is 9.80 Å². The van der Waals surface area contributed by atoms with Crippen LogP contribution in [-0.2, 0) is 10.4 Å². The highest BCUT2D eigenvalue weighted by Gasteiger charge is 2.49. The van der Waals surface area contributed by atoms with E-state index < -0.39 is 17.9 Å². The summed E-state index contributed by atoms with van der Waals surface area (Å²) in [7, 11) is 3.40. The molecule has 0 aliphatic carbocycles. The minimum atomic E-state index is -3.21. The second-order valence-corrected chi connectivity index (χ2v) is 11.1. The standard InChI is InChI=1S/C29H36ClF2N3O3/c1-33(2)26(36)24-9-8-23(19-25(24)30)34-14-10-20(11-15-34)18-21-12-16-35(17-13-21)28(37)29(38,27(31)32)22-6-4-3-5-7-22/h3-9,19-21,27,38H,10-18H2,1-2H3/t29-/m0/s1. The lowest BCUT2D eigenvalue weighted by atomic mass is 9.82. The first-order valence-electron chi connectivity index (χ1n) is 13.2. The van der Waals surface area contributed by atoms with Crippen LogP contribution in [0, 0.1) is 11.8 Å². The van der Waals surface area contributed by atoms with E-state index in [9.17, 15) is 23.5 Å². The fraction of sp³-hybridized carbons (Fsp3) is 0.517. The van der Waals surface area contributed by atoms with Gasteiger partial charge in [-0.15, -0.1) is 0 Å². The van der Waals surface area contributed by atoms with Gasteiger partial charge in [-0.25, -0.2) is 8.78 Å². The number of carbonyl (C=O) groups excluding carboxylic acids is 2. The summed E-state index contributed by atoms with van der Waals surface area (Å²) in [4.78, 5) is 30.5. The van der Waals surface area contributed by atoms with E-state index in [1.165, 1.54) is 21.9 Å². The van der Waals surface area contributed by atoms with Crippen molar-refractivity contribution in [3.8, 4) is 0 Å². The molecule has 0 radical (unpaired) electrons. The number of hydrogen-bond donors (Lipinski definition) is 1. The van der Waals surface area contributed by atoms with Gasteiger partial charge in [0.05, 0.1) is 10.6 Å². The SMILES string of the molecule is CN(C)C(=O)c1ccc(N2CCC(CC3CCN(C(=O)[C@](O)(c4ccccc4)C(F)F)CC3)CC2)cc1Cl. The molecule has 1 N–H and O–H groups in total. The summed E-state index contributed by atoms with van der Waals surface area (Å²) in [5.74, 6) is -0.0435. The number of aliphatic hydroxyl groups is 1. The van der Waals surface area contributed by atoms with Gasteiger partial charge in [0.2, 0.25) is 5.60 Å². The summed E-state index contributed by atoms with van der Waals surface area (Å²) in [6, 6.07) is 13.1. The molecule has 2 fully saturated rings. The van der Waals surface area contributed by atoms with Crippen LogP contribution >= 0.6 is 11.6 Å². The lowest BCUT2D eigenvalue weighted by Gasteiger charge is -2.39. The zero-order chi connectivity index (χ0) is 27.4. The Balaban J connectivity index is 1.27. The van der Waals surface area contributed by atoms with Gasteiger partial charge in [0.1, 0.15) is 0 Å². The van der Waals surface area contributed by atoms with Crippen molar-refractivity contribution >= 4 is 29.1 Å². The first kappa shape index (κ1) is 28.3. The van der Waals surface area contributed by atoms with Crippen LogP contribution in [0.2, 0.25) is 5.02 Å². The summed E-state index contributed by atoms with van der Waals surface area (Å²) in [6.07, 6.45) is 1.40. The molecule has 0 bridgehead atoms. The third kappa shape index (κ3) is 5.96. The molecule has 0 aromatic heterocycles. The predicted octanol–water partition coefficient (Wildman–Crippen LogP) is 5.04.